The number of fused-ring (bicyclic) bond motifs is 1. The fourth-order valence-electron chi connectivity index (χ4n) is 4.26. The molecule has 31 heavy (non-hydrogen) atoms. The minimum Gasteiger partial charge on any atom is -0.454 e. The van der Waals surface area contributed by atoms with E-state index in [1.807, 2.05) is 12.1 Å². The first-order valence-electron chi connectivity index (χ1n) is 10.8. The van der Waals surface area contributed by atoms with Gasteiger partial charge in [0.15, 0.2) is 11.5 Å². The van der Waals surface area contributed by atoms with Crippen molar-refractivity contribution >= 4 is 5.91 Å². The largest absolute Gasteiger partial charge is 0.454 e. The van der Waals surface area contributed by atoms with Gasteiger partial charge in [0, 0.05) is 18.7 Å². The quantitative estimate of drug-likeness (QED) is 0.640. The van der Waals surface area contributed by atoms with Crippen LogP contribution in [0.15, 0.2) is 66.7 Å². The maximum absolute atomic E-state index is 12.7. The van der Waals surface area contributed by atoms with Gasteiger partial charge in [0.05, 0.1) is 0 Å². The number of rotatable bonds is 6. The highest BCUT2D eigenvalue weighted by Crippen LogP contribution is 2.32. The molecule has 1 amide bonds. The van der Waals surface area contributed by atoms with Gasteiger partial charge in [-0.05, 0) is 66.4 Å². The number of carbonyl (C=O) groups is 1. The molecule has 5 nitrogen and oxygen atoms in total. The second-order valence-electron chi connectivity index (χ2n) is 8.09. The molecule has 0 saturated carbocycles. The van der Waals surface area contributed by atoms with Crippen LogP contribution in [-0.2, 0) is 13.1 Å². The number of benzene rings is 3. The molecule has 1 saturated heterocycles. The highest BCUT2D eigenvalue weighted by atomic mass is 16.7. The van der Waals surface area contributed by atoms with Crippen molar-refractivity contribution in [1.29, 1.82) is 0 Å². The number of ether oxygens (including phenoxy) is 2. The van der Waals surface area contributed by atoms with Crippen LogP contribution in [0.4, 0.5) is 0 Å². The summed E-state index contributed by atoms with van der Waals surface area (Å²) in [6.45, 7) is 4.08. The molecule has 0 bridgehead atoms. The molecule has 2 aliphatic heterocycles. The van der Waals surface area contributed by atoms with Gasteiger partial charge in [-0.1, -0.05) is 48.5 Å². The smallest absolute Gasteiger partial charge is 0.251 e. The van der Waals surface area contributed by atoms with Crippen molar-refractivity contribution in [3.8, 4) is 22.6 Å². The zero-order valence-corrected chi connectivity index (χ0v) is 17.5. The lowest BCUT2D eigenvalue weighted by Gasteiger charge is -2.15. The van der Waals surface area contributed by atoms with Gasteiger partial charge in [-0.2, -0.15) is 0 Å². The first-order chi connectivity index (χ1) is 15.3. The summed E-state index contributed by atoms with van der Waals surface area (Å²) in [6, 6.07) is 22.3. The second-order valence-corrected chi connectivity index (χ2v) is 8.09. The van der Waals surface area contributed by atoms with E-state index < -0.39 is 0 Å². The van der Waals surface area contributed by atoms with E-state index in [2.05, 4.69) is 46.6 Å². The van der Waals surface area contributed by atoms with Gasteiger partial charge in [-0.3, -0.25) is 9.69 Å². The van der Waals surface area contributed by atoms with E-state index in [4.69, 9.17) is 9.47 Å². The van der Waals surface area contributed by atoms with Crippen molar-refractivity contribution in [2.24, 2.45) is 0 Å². The SMILES string of the molecule is O=C(NCc1ccccc1-c1ccc(CN2CCCC2)cc1)c1ccc2c(c1)OCO2. The van der Waals surface area contributed by atoms with Crippen LogP contribution in [-0.4, -0.2) is 30.7 Å². The van der Waals surface area contributed by atoms with Crippen LogP contribution >= 0.6 is 0 Å². The summed E-state index contributed by atoms with van der Waals surface area (Å²) < 4.78 is 10.7. The minimum atomic E-state index is -0.130. The number of hydrogen-bond donors (Lipinski definition) is 1. The molecule has 5 heteroatoms. The second kappa shape index (κ2) is 8.82. The number of carbonyl (C=O) groups excluding carboxylic acids is 1. The molecule has 1 N–H and O–H groups in total. The predicted octanol–water partition coefficient (Wildman–Crippen LogP) is 4.61. The summed E-state index contributed by atoms with van der Waals surface area (Å²) in [6.07, 6.45) is 2.62. The fourth-order valence-corrected chi connectivity index (χ4v) is 4.26. The molecule has 0 spiro atoms. The van der Waals surface area contributed by atoms with Gasteiger partial charge in [-0.15, -0.1) is 0 Å². The Kier molecular flexibility index (Phi) is 5.59. The minimum absolute atomic E-state index is 0.130. The van der Waals surface area contributed by atoms with Crippen molar-refractivity contribution < 1.29 is 14.3 Å². The molecule has 0 aliphatic carbocycles. The van der Waals surface area contributed by atoms with E-state index in [0.29, 0.717) is 23.6 Å². The summed E-state index contributed by atoms with van der Waals surface area (Å²) in [5.41, 5.74) is 5.30. The molecule has 2 aliphatic rings. The third-order valence-corrected chi connectivity index (χ3v) is 5.96. The molecule has 0 aromatic heterocycles. The average Bonchev–Trinajstić information content (AvgIpc) is 3.49. The first kappa shape index (κ1) is 19.6. The van der Waals surface area contributed by atoms with E-state index >= 15 is 0 Å². The van der Waals surface area contributed by atoms with Crippen LogP contribution < -0.4 is 14.8 Å². The summed E-state index contributed by atoms with van der Waals surface area (Å²) >= 11 is 0. The van der Waals surface area contributed by atoms with Crippen molar-refractivity contribution in [1.82, 2.24) is 10.2 Å². The Hall–Kier alpha value is -3.31. The van der Waals surface area contributed by atoms with Gasteiger partial charge in [0.2, 0.25) is 6.79 Å². The maximum atomic E-state index is 12.7. The van der Waals surface area contributed by atoms with E-state index in [1.165, 1.54) is 31.5 Å². The van der Waals surface area contributed by atoms with E-state index in [1.54, 1.807) is 18.2 Å². The molecule has 0 radical (unpaired) electrons. The van der Waals surface area contributed by atoms with Gasteiger partial charge >= 0.3 is 0 Å². The van der Waals surface area contributed by atoms with Crippen LogP contribution in [0, 0.1) is 0 Å². The zero-order valence-electron chi connectivity index (χ0n) is 17.5. The van der Waals surface area contributed by atoms with Crippen LogP contribution in [0.1, 0.15) is 34.3 Å². The Morgan fingerprint density at radius 1 is 0.903 bits per heavy atom. The Balaban J connectivity index is 1.27. The Labute approximate surface area is 182 Å². The summed E-state index contributed by atoms with van der Waals surface area (Å²) in [5.74, 6) is 1.16. The van der Waals surface area contributed by atoms with Gasteiger partial charge in [0.25, 0.3) is 5.91 Å². The summed E-state index contributed by atoms with van der Waals surface area (Å²) in [4.78, 5) is 15.2. The van der Waals surface area contributed by atoms with Crippen LogP contribution in [0.25, 0.3) is 11.1 Å². The maximum Gasteiger partial charge on any atom is 0.251 e. The molecule has 3 aromatic carbocycles. The van der Waals surface area contributed by atoms with Gasteiger partial charge < -0.3 is 14.8 Å². The lowest BCUT2D eigenvalue weighted by atomic mass is 9.98. The number of nitrogens with one attached hydrogen (secondary N) is 1. The number of nitrogens with zero attached hydrogens (tertiary/aromatic N) is 1. The van der Waals surface area contributed by atoms with Gasteiger partial charge in [-0.25, -0.2) is 0 Å². The Morgan fingerprint density at radius 2 is 1.68 bits per heavy atom. The normalized spacial score (nSPS) is 15.2. The monoisotopic (exact) mass is 414 g/mol. The van der Waals surface area contributed by atoms with Crippen LogP contribution in [0.2, 0.25) is 0 Å². The van der Waals surface area contributed by atoms with E-state index in [0.717, 1.165) is 23.2 Å². The van der Waals surface area contributed by atoms with Crippen molar-refractivity contribution in [3.05, 3.63) is 83.4 Å². The molecule has 1 fully saturated rings. The standard InChI is InChI=1S/C26H26N2O3/c29-26(21-11-12-24-25(15-21)31-18-30-24)27-16-22-5-1-2-6-23(22)20-9-7-19(8-10-20)17-28-13-3-4-14-28/h1-2,5-12,15H,3-4,13-14,16-18H2,(H,27,29). The first-order valence-corrected chi connectivity index (χ1v) is 10.8. The molecule has 5 rings (SSSR count). The number of amides is 1. The lowest BCUT2D eigenvalue weighted by Crippen LogP contribution is -2.23. The average molecular weight is 415 g/mol. The molecule has 158 valence electrons. The summed E-state index contributed by atoms with van der Waals surface area (Å²) in [7, 11) is 0. The van der Waals surface area contributed by atoms with Crippen molar-refractivity contribution in [2.45, 2.75) is 25.9 Å². The summed E-state index contributed by atoms with van der Waals surface area (Å²) in [5, 5.41) is 3.03. The highest BCUT2D eigenvalue weighted by Gasteiger charge is 2.16. The van der Waals surface area contributed by atoms with E-state index in [-0.39, 0.29) is 12.7 Å². The van der Waals surface area contributed by atoms with Crippen LogP contribution in [0.5, 0.6) is 11.5 Å². The van der Waals surface area contributed by atoms with Crippen LogP contribution in [0.3, 0.4) is 0 Å². The highest BCUT2D eigenvalue weighted by molar-refractivity contribution is 5.95. The third-order valence-electron chi connectivity index (χ3n) is 5.96. The van der Waals surface area contributed by atoms with Gasteiger partial charge in [0.1, 0.15) is 0 Å². The number of hydrogen-bond acceptors (Lipinski definition) is 4. The molecule has 0 unspecified atom stereocenters. The lowest BCUT2D eigenvalue weighted by molar-refractivity contribution is 0.0950. The zero-order chi connectivity index (χ0) is 21.0. The molecular weight excluding hydrogens is 388 g/mol. The fraction of sp³-hybridized carbons (Fsp3) is 0.269. The molecular formula is C26H26N2O3. The van der Waals surface area contributed by atoms with Crippen molar-refractivity contribution in [2.75, 3.05) is 19.9 Å². The molecule has 0 atom stereocenters. The third kappa shape index (κ3) is 4.42. The van der Waals surface area contributed by atoms with E-state index in [9.17, 15) is 4.79 Å². The molecule has 3 aromatic rings. The number of likely N-dealkylation sites (tertiary alicyclic amines) is 1. The predicted molar refractivity (Wildman–Crippen MR) is 120 cm³/mol. The van der Waals surface area contributed by atoms with Crippen molar-refractivity contribution in [3.63, 3.8) is 0 Å². The Morgan fingerprint density at radius 3 is 2.52 bits per heavy atom. The topological polar surface area (TPSA) is 50.8 Å². The molecule has 2 heterocycles. The Bertz CT molecular complexity index is 1070.